The molecule has 40 heavy (non-hydrogen) atoms. The third kappa shape index (κ3) is 5.82. The van der Waals surface area contributed by atoms with Gasteiger partial charge in [0.15, 0.2) is 0 Å². The average molecular weight is 536 g/mol. The first kappa shape index (κ1) is 26.3. The highest BCUT2D eigenvalue weighted by atomic mass is 16.5. The second kappa shape index (κ2) is 11.7. The van der Waals surface area contributed by atoms with Crippen LogP contribution in [-0.2, 0) is 30.9 Å². The summed E-state index contributed by atoms with van der Waals surface area (Å²) in [5, 5.41) is 2.79. The van der Waals surface area contributed by atoms with Crippen LogP contribution in [0.25, 0.3) is 0 Å². The van der Waals surface area contributed by atoms with Gasteiger partial charge in [-0.2, -0.15) is 0 Å². The highest BCUT2D eigenvalue weighted by Crippen LogP contribution is 2.34. The number of hydrogen-bond donors (Lipinski definition) is 1. The number of likely N-dealkylation sites (tertiary alicyclic amines) is 1. The van der Waals surface area contributed by atoms with E-state index in [9.17, 15) is 9.59 Å². The van der Waals surface area contributed by atoms with E-state index >= 15 is 0 Å². The molecule has 6 heteroatoms. The molecule has 2 amide bonds. The molecule has 6 nitrogen and oxygen atoms in total. The van der Waals surface area contributed by atoms with Crippen molar-refractivity contribution in [3.63, 3.8) is 0 Å². The number of piperidine rings is 2. The summed E-state index contributed by atoms with van der Waals surface area (Å²) in [4.78, 5) is 29.9. The van der Waals surface area contributed by atoms with Crippen LogP contribution in [0, 0.1) is 5.92 Å². The number of carbonyl (C=O) groups is 2. The molecule has 1 N–H and O–H groups in total. The Kier molecular flexibility index (Phi) is 7.69. The third-order valence-electron chi connectivity index (χ3n) is 8.55. The Morgan fingerprint density at radius 1 is 0.850 bits per heavy atom. The van der Waals surface area contributed by atoms with Crippen molar-refractivity contribution >= 4 is 11.8 Å². The molecule has 3 heterocycles. The van der Waals surface area contributed by atoms with Crippen LogP contribution in [0.5, 0.6) is 5.75 Å². The van der Waals surface area contributed by atoms with Gasteiger partial charge in [-0.25, -0.2) is 0 Å². The number of benzene rings is 3. The smallest absolute Gasteiger partial charge is 0.255 e. The molecule has 0 spiro atoms. The number of carbonyl (C=O) groups excluding carboxylic acids is 2. The Hall–Kier alpha value is -3.90. The Morgan fingerprint density at radius 2 is 1.60 bits per heavy atom. The molecule has 3 aliphatic rings. The van der Waals surface area contributed by atoms with Crippen LogP contribution < -0.4 is 10.1 Å². The maximum absolute atomic E-state index is 13.1. The standard InChI is InChI=1S/C34H37N3O3/c1-24-10-15-31(33(38)35-24)37-22-30-29(34(37)39)8-5-9-32(30)40-23-28-13-11-25(12-14-28)20-26-16-18-36(19-17-26)21-27-6-3-2-4-7-27/h2-9,11-14,26,31H,1,10,15-23H2,(H,35,38). The number of fused-ring (bicyclic) bond motifs is 1. The van der Waals surface area contributed by atoms with Crippen molar-refractivity contribution in [3.05, 3.63) is 113 Å². The van der Waals surface area contributed by atoms with Crippen molar-refractivity contribution < 1.29 is 14.3 Å². The van der Waals surface area contributed by atoms with Crippen LogP contribution in [-0.4, -0.2) is 40.7 Å². The van der Waals surface area contributed by atoms with Crippen molar-refractivity contribution in [2.45, 2.75) is 57.8 Å². The molecule has 2 fully saturated rings. The highest BCUT2D eigenvalue weighted by molar-refractivity contribution is 6.02. The van der Waals surface area contributed by atoms with Crippen LogP contribution in [0.15, 0.2) is 85.1 Å². The van der Waals surface area contributed by atoms with E-state index in [2.05, 4.69) is 71.4 Å². The van der Waals surface area contributed by atoms with Crippen molar-refractivity contribution in [1.29, 1.82) is 0 Å². The van der Waals surface area contributed by atoms with E-state index in [1.165, 1.54) is 24.0 Å². The summed E-state index contributed by atoms with van der Waals surface area (Å²) >= 11 is 0. The second-order valence-corrected chi connectivity index (χ2v) is 11.4. The zero-order valence-corrected chi connectivity index (χ0v) is 23.0. The monoisotopic (exact) mass is 535 g/mol. The minimum atomic E-state index is -0.470. The number of rotatable bonds is 8. The van der Waals surface area contributed by atoms with Gasteiger partial charge in [0, 0.05) is 23.4 Å². The lowest BCUT2D eigenvalue weighted by molar-refractivity contribution is -0.126. The van der Waals surface area contributed by atoms with Gasteiger partial charge in [0.05, 0.1) is 6.54 Å². The molecule has 3 aromatic rings. The normalized spacial score (nSPS) is 19.9. The lowest BCUT2D eigenvalue weighted by atomic mass is 9.90. The van der Waals surface area contributed by atoms with Gasteiger partial charge in [0.1, 0.15) is 18.4 Å². The van der Waals surface area contributed by atoms with Crippen LogP contribution in [0.2, 0.25) is 0 Å². The summed E-state index contributed by atoms with van der Waals surface area (Å²) < 4.78 is 6.21. The van der Waals surface area contributed by atoms with E-state index in [4.69, 9.17) is 4.74 Å². The molecule has 0 aliphatic carbocycles. The predicted molar refractivity (Wildman–Crippen MR) is 156 cm³/mol. The summed E-state index contributed by atoms with van der Waals surface area (Å²) in [5.74, 6) is 1.17. The van der Waals surface area contributed by atoms with Crippen LogP contribution in [0.1, 0.15) is 58.3 Å². The number of nitrogens with one attached hydrogen (secondary N) is 1. The Balaban J connectivity index is 1.01. The summed E-state index contributed by atoms with van der Waals surface area (Å²) in [6.45, 7) is 8.04. The Labute approximate surface area is 236 Å². The van der Waals surface area contributed by atoms with E-state index in [-0.39, 0.29) is 11.8 Å². The summed E-state index contributed by atoms with van der Waals surface area (Å²) in [6.07, 6.45) is 4.88. The molecule has 0 aromatic heterocycles. The zero-order chi connectivity index (χ0) is 27.5. The molecule has 206 valence electrons. The first-order valence-electron chi connectivity index (χ1n) is 14.4. The van der Waals surface area contributed by atoms with E-state index < -0.39 is 6.04 Å². The minimum Gasteiger partial charge on any atom is -0.489 e. The van der Waals surface area contributed by atoms with E-state index in [0.717, 1.165) is 43.1 Å². The maximum atomic E-state index is 13.1. The van der Waals surface area contributed by atoms with Gasteiger partial charge in [0.25, 0.3) is 5.91 Å². The molecule has 2 saturated heterocycles. The number of nitrogens with zero attached hydrogens (tertiary/aromatic N) is 2. The number of hydrogen-bond acceptors (Lipinski definition) is 4. The van der Waals surface area contributed by atoms with Gasteiger partial charge in [-0.15, -0.1) is 0 Å². The SMILES string of the molecule is C=C1CCC(N2Cc3c(OCc4ccc(CC5CCN(Cc6ccccc6)CC5)cc4)cccc3C2=O)C(=O)N1. The number of ether oxygens (including phenoxy) is 1. The largest absolute Gasteiger partial charge is 0.489 e. The van der Waals surface area contributed by atoms with E-state index in [0.29, 0.717) is 43.0 Å². The van der Waals surface area contributed by atoms with Crippen molar-refractivity contribution in [2.75, 3.05) is 13.1 Å². The van der Waals surface area contributed by atoms with Gasteiger partial charge >= 0.3 is 0 Å². The molecule has 6 rings (SSSR count). The molecular weight excluding hydrogens is 498 g/mol. The average Bonchev–Trinajstić information content (AvgIpc) is 3.31. The maximum Gasteiger partial charge on any atom is 0.255 e. The quantitative estimate of drug-likeness (QED) is 0.416. The highest BCUT2D eigenvalue weighted by Gasteiger charge is 2.39. The number of allylic oxidation sites excluding steroid dienone is 1. The second-order valence-electron chi connectivity index (χ2n) is 11.4. The van der Waals surface area contributed by atoms with E-state index in [1.807, 2.05) is 18.2 Å². The minimum absolute atomic E-state index is 0.108. The molecule has 3 aliphatic heterocycles. The van der Waals surface area contributed by atoms with Gasteiger partial charge in [-0.3, -0.25) is 14.5 Å². The molecule has 3 aromatic carbocycles. The first-order valence-corrected chi connectivity index (χ1v) is 14.4. The fraction of sp³-hybridized carbons (Fsp3) is 0.353. The van der Waals surface area contributed by atoms with Crippen LogP contribution >= 0.6 is 0 Å². The van der Waals surface area contributed by atoms with Gasteiger partial charge < -0.3 is 15.0 Å². The molecule has 1 unspecified atom stereocenters. The molecule has 0 bridgehead atoms. The van der Waals surface area contributed by atoms with Crippen molar-refractivity contribution in [3.8, 4) is 5.75 Å². The predicted octanol–water partition coefficient (Wildman–Crippen LogP) is 5.47. The van der Waals surface area contributed by atoms with Crippen molar-refractivity contribution in [2.24, 2.45) is 5.92 Å². The fourth-order valence-corrected chi connectivity index (χ4v) is 6.23. The Bertz CT molecular complexity index is 1380. The fourth-order valence-electron chi connectivity index (χ4n) is 6.23. The first-order chi connectivity index (χ1) is 19.5. The van der Waals surface area contributed by atoms with Gasteiger partial charge in [-0.05, 0) is 79.9 Å². The van der Waals surface area contributed by atoms with Crippen molar-refractivity contribution in [1.82, 2.24) is 15.1 Å². The van der Waals surface area contributed by atoms with Gasteiger partial charge in [0.2, 0.25) is 5.91 Å². The summed E-state index contributed by atoms with van der Waals surface area (Å²) in [6, 6.07) is 24.6. The molecular formula is C34H37N3O3. The summed E-state index contributed by atoms with van der Waals surface area (Å²) in [7, 11) is 0. The van der Waals surface area contributed by atoms with Gasteiger partial charge in [-0.1, -0.05) is 67.2 Å². The Morgan fingerprint density at radius 3 is 2.35 bits per heavy atom. The van der Waals surface area contributed by atoms with E-state index in [1.54, 1.807) is 4.90 Å². The number of amides is 2. The molecule has 0 radical (unpaired) electrons. The third-order valence-corrected chi connectivity index (χ3v) is 8.55. The topological polar surface area (TPSA) is 61.9 Å². The van der Waals surface area contributed by atoms with Crippen LogP contribution in [0.3, 0.4) is 0 Å². The summed E-state index contributed by atoms with van der Waals surface area (Å²) in [5.41, 5.74) is 6.07. The lowest BCUT2D eigenvalue weighted by Crippen LogP contribution is -2.49. The van der Waals surface area contributed by atoms with Crippen LogP contribution in [0.4, 0.5) is 0 Å². The lowest BCUT2D eigenvalue weighted by Gasteiger charge is -2.32. The molecule has 0 saturated carbocycles. The zero-order valence-electron chi connectivity index (χ0n) is 23.0. The molecule has 1 atom stereocenters.